The van der Waals surface area contributed by atoms with E-state index in [1.165, 1.54) is 6.07 Å². The van der Waals surface area contributed by atoms with E-state index in [1.807, 2.05) is 6.92 Å². The second kappa shape index (κ2) is 5.93. The van der Waals surface area contributed by atoms with E-state index in [0.29, 0.717) is 18.1 Å². The third kappa shape index (κ3) is 3.39. The molecule has 1 fully saturated rings. The lowest BCUT2D eigenvalue weighted by Gasteiger charge is -2.15. The molecule has 4 heteroatoms. The normalized spacial score (nSPS) is 16.6. The fourth-order valence-corrected chi connectivity index (χ4v) is 2.45. The predicted molar refractivity (Wildman–Crippen MR) is 70.9 cm³/mol. The third-order valence-corrected chi connectivity index (χ3v) is 3.58. The summed E-state index contributed by atoms with van der Waals surface area (Å²) in [6.07, 6.45) is 1.83. The van der Waals surface area contributed by atoms with Crippen LogP contribution in [-0.4, -0.2) is 18.5 Å². The minimum atomic E-state index is -0.353. The molecule has 0 bridgehead atoms. The summed E-state index contributed by atoms with van der Waals surface area (Å²) >= 11 is 3.29. The van der Waals surface area contributed by atoms with Gasteiger partial charge in [-0.25, -0.2) is 4.39 Å². The summed E-state index contributed by atoms with van der Waals surface area (Å²) in [5.41, 5.74) is 0.430. The number of rotatable bonds is 6. The molecule has 2 nitrogen and oxygen atoms in total. The van der Waals surface area contributed by atoms with E-state index in [-0.39, 0.29) is 24.1 Å². The summed E-state index contributed by atoms with van der Waals surface area (Å²) < 4.78 is 19.9. The van der Waals surface area contributed by atoms with Gasteiger partial charge in [-0.15, -0.1) is 0 Å². The number of hydrogen-bond acceptors (Lipinski definition) is 2. The Kier molecular flexibility index (Phi) is 4.51. The zero-order valence-corrected chi connectivity index (χ0v) is 11.9. The van der Waals surface area contributed by atoms with Crippen LogP contribution < -0.4 is 0 Å². The van der Waals surface area contributed by atoms with Crippen LogP contribution in [0.25, 0.3) is 0 Å². The second-order valence-corrected chi connectivity index (χ2v) is 5.51. The molecule has 0 saturated heterocycles. The largest absolute Gasteiger partial charge is 0.370 e. The zero-order valence-electron chi connectivity index (χ0n) is 10.3. The molecule has 1 unspecified atom stereocenters. The van der Waals surface area contributed by atoms with Gasteiger partial charge in [0.05, 0.1) is 0 Å². The lowest BCUT2D eigenvalue weighted by molar-refractivity contribution is -0.131. The summed E-state index contributed by atoms with van der Waals surface area (Å²) in [4.78, 5) is 12.1. The SMILES string of the molecule is CCOC(C(=O)Cc1cc(Br)ccc1F)C1CC1. The van der Waals surface area contributed by atoms with E-state index in [2.05, 4.69) is 15.9 Å². The average Bonchev–Trinajstić information content (AvgIpc) is 3.14. The lowest BCUT2D eigenvalue weighted by Crippen LogP contribution is -2.28. The van der Waals surface area contributed by atoms with Gasteiger partial charge in [0.1, 0.15) is 11.9 Å². The van der Waals surface area contributed by atoms with E-state index in [4.69, 9.17) is 4.74 Å². The van der Waals surface area contributed by atoms with E-state index in [0.717, 1.165) is 17.3 Å². The highest BCUT2D eigenvalue weighted by atomic mass is 79.9. The van der Waals surface area contributed by atoms with Gasteiger partial charge in [-0.3, -0.25) is 4.79 Å². The van der Waals surface area contributed by atoms with Crippen molar-refractivity contribution in [3.05, 3.63) is 34.1 Å². The number of ether oxygens (including phenoxy) is 1. The van der Waals surface area contributed by atoms with Gasteiger partial charge in [0.2, 0.25) is 0 Å². The number of ketones is 1. The molecular weight excluding hydrogens is 299 g/mol. The van der Waals surface area contributed by atoms with Crippen molar-refractivity contribution in [3.63, 3.8) is 0 Å². The van der Waals surface area contributed by atoms with E-state index in [9.17, 15) is 9.18 Å². The van der Waals surface area contributed by atoms with Crippen LogP contribution in [0.5, 0.6) is 0 Å². The summed E-state index contributed by atoms with van der Waals surface area (Å²) in [5, 5.41) is 0. The Balaban J connectivity index is 2.07. The highest BCUT2D eigenvalue weighted by molar-refractivity contribution is 9.10. The Hall–Kier alpha value is -0.740. The van der Waals surface area contributed by atoms with Gasteiger partial charge in [0, 0.05) is 17.5 Å². The molecule has 1 aromatic carbocycles. The molecule has 0 aliphatic heterocycles. The third-order valence-electron chi connectivity index (χ3n) is 3.09. The van der Waals surface area contributed by atoms with Crippen LogP contribution in [0.15, 0.2) is 22.7 Å². The Morgan fingerprint density at radius 2 is 2.28 bits per heavy atom. The van der Waals surface area contributed by atoms with Gasteiger partial charge in [-0.05, 0) is 49.4 Å². The van der Waals surface area contributed by atoms with Crippen LogP contribution in [0, 0.1) is 11.7 Å². The topological polar surface area (TPSA) is 26.3 Å². The maximum Gasteiger partial charge on any atom is 0.166 e. The molecule has 0 spiro atoms. The van der Waals surface area contributed by atoms with Crippen LogP contribution >= 0.6 is 15.9 Å². The molecule has 0 heterocycles. The van der Waals surface area contributed by atoms with Gasteiger partial charge in [0.25, 0.3) is 0 Å². The maximum atomic E-state index is 13.6. The molecule has 1 saturated carbocycles. The number of carbonyl (C=O) groups excluding carboxylic acids is 1. The number of benzene rings is 1. The van der Waals surface area contributed by atoms with Gasteiger partial charge >= 0.3 is 0 Å². The van der Waals surface area contributed by atoms with Gasteiger partial charge in [-0.1, -0.05) is 15.9 Å². The molecule has 2 rings (SSSR count). The van der Waals surface area contributed by atoms with Crippen molar-refractivity contribution in [2.24, 2.45) is 5.92 Å². The fourth-order valence-electron chi connectivity index (χ4n) is 2.04. The maximum absolute atomic E-state index is 13.6. The van der Waals surface area contributed by atoms with Crippen LogP contribution in [-0.2, 0) is 16.0 Å². The quantitative estimate of drug-likeness (QED) is 0.803. The van der Waals surface area contributed by atoms with E-state index < -0.39 is 0 Å². The first kappa shape index (κ1) is 13.7. The first-order chi connectivity index (χ1) is 8.61. The summed E-state index contributed by atoms with van der Waals surface area (Å²) in [7, 11) is 0. The number of carbonyl (C=O) groups is 1. The average molecular weight is 315 g/mol. The van der Waals surface area contributed by atoms with Crippen LogP contribution in [0.3, 0.4) is 0 Å². The first-order valence-electron chi connectivity index (χ1n) is 6.20. The Morgan fingerprint density at radius 1 is 1.56 bits per heavy atom. The summed E-state index contributed by atoms with van der Waals surface area (Å²) in [6, 6.07) is 4.66. The van der Waals surface area contributed by atoms with Crippen LogP contribution in [0.2, 0.25) is 0 Å². The van der Waals surface area contributed by atoms with Crippen LogP contribution in [0.4, 0.5) is 4.39 Å². The lowest BCUT2D eigenvalue weighted by atomic mass is 10.0. The molecule has 98 valence electrons. The van der Waals surface area contributed by atoms with Crippen molar-refractivity contribution in [1.29, 1.82) is 0 Å². The molecule has 0 aromatic heterocycles. The summed E-state index contributed by atoms with van der Waals surface area (Å²) in [6.45, 7) is 2.40. The molecule has 1 atom stereocenters. The van der Waals surface area contributed by atoms with Crippen molar-refractivity contribution in [1.82, 2.24) is 0 Å². The number of halogens is 2. The molecule has 1 aliphatic rings. The molecule has 1 aromatic rings. The minimum Gasteiger partial charge on any atom is -0.370 e. The van der Waals surface area contributed by atoms with Gasteiger partial charge in [0.15, 0.2) is 5.78 Å². The Bertz CT molecular complexity index is 443. The van der Waals surface area contributed by atoms with E-state index in [1.54, 1.807) is 12.1 Å². The predicted octanol–water partition coefficient (Wildman–Crippen LogP) is 3.51. The van der Waals surface area contributed by atoms with Crippen molar-refractivity contribution < 1.29 is 13.9 Å². The van der Waals surface area contributed by atoms with Gasteiger partial charge in [-0.2, -0.15) is 0 Å². The zero-order chi connectivity index (χ0) is 13.1. The van der Waals surface area contributed by atoms with Crippen LogP contribution in [0.1, 0.15) is 25.3 Å². The van der Waals surface area contributed by atoms with Crippen molar-refractivity contribution in [3.8, 4) is 0 Å². The second-order valence-electron chi connectivity index (χ2n) is 4.59. The molecule has 0 N–H and O–H groups in total. The summed E-state index contributed by atoms with van der Waals surface area (Å²) in [5.74, 6) is -0.0124. The number of hydrogen-bond donors (Lipinski definition) is 0. The highest BCUT2D eigenvalue weighted by Gasteiger charge is 2.36. The monoisotopic (exact) mass is 314 g/mol. The van der Waals surface area contributed by atoms with Crippen molar-refractivity contribution in [2.75, 3.05) is 6.61 Å². The molecule has 18 heavy (non-hydrogen) atoms. The standard InChI is InChI=1S/C14H16BrFO2/c1-2-18-14(9-3-4-9)13(17)8-10-7-11(15)5-6-12(10)16/h5-7,9,14H,2-4,8H2,1H3. The smallest absolute Gasteiger partial charge is 0.166 e. The van der Waals surface area contributed by atoms with Crippen molar-refractivity contribution >= 4 is 21.7 Å². The molecular formula is C14H16BrFO2. The molecule has 0 amide bonds. The highest BCUT2D eigenvalue weighted by Crippen LogP contribution is 2.35. The van der Waals surface area contributed by atoms with E-state index >= 15 is 0 Å². The molecule has 1 aliphatic carbocycles. The van der Waals surface area contributed by atoms with Gasteiger partial charge < -0.3 is 4.74 Å². The number of Topliss-reactive ketones (excluding diaryl/α,β-unsaturated/α-hetero) is 1. The molecule has 0 radical (unpaired) electrons. The Labute approximate surface area is 115 Å². The van der Waals surface area contributed by atoms with Crippen molar-refractivity contribution in [2.45, 2.75) is 32.3 Å². The Morgan fingerprint density at radius 3 is 2.89 bits per heavy atom. The first-order valence-corrected chi connectivity index (χ1v) is 6.99. The minimum absolute atomic E-state index is 0.0173. The fraction of sp³-hybridized carbons (Fsp3) is 0.500.